The zero-order chi connectivity index (χ0) is 15.0. The highest BCUT2D eigenvalue weighted by Gasteiger charge is 2.46. The zero-order valence-electron chi connectivity index (χ0n) is 12.4. The van der Waals surface area contributed by atoms with Gasteiger partial charge in [-0.15, -0.1) is 12.4 Å². The summed E-state index contributed by atoms with van der Waals surface area (Å²) in [5.41, 5.74) is 0.327. The third kappa shape index (κ3) is 3.58. The van der Waals surface area contributed by atoms with Crippen molar-refractivity contribution < 1.29 is 13.6 Å². The van der Waals surface area contributed by atoms with Gasteiger partial charge in [-0.3, -0.25) is 4.79 Å². The van der Waals surface area contributed by atoms with E-state index in [1.54, 1.807) is 0 Å². The van der Waals surface area contributed by atoms with Crippen molar-refractivity contribution >= 4 is 18.3 Å². The molecule has 2 fully saturated rings. The van der Waals surface area contributed by atoms with Gasteiger partial charge >= 0.3 is 0 Å². The molecule has 1 aromatic rings. The van der Waals surface area contributed by atoms with Crippen LogP contribution in [0.3, 0.4) is 0 Å². The van der Waals surface area contributed by atoms with Crippen molar-refractivity contribution in [3.8, 4) is 0 Å². The second kappa shape index (κ2) is 6.92. The number of carbonyl (C=O) groups excluding carboxylic acids is 1. The van der Waals surface area contributed by atoms with Gasteiger partial charge in [-0.1, -0.05) is 6.92 Å². The van der Waals surface area contributed by atoms with Crippen LogP contribution < -0.4 is 10.6 Å². The molecule has 0 bridgehead atoms. The minimum Gasteiger partial charge on any atom is -0.353 e. The first-order valence-electron chi connectivity index (χ1n) is 7.52. The Morgan fingerprint density at radius 2 is 2.14 bits per heavy atom. The Morgan fingerprint density at radius 3 is 2.86 bits per heavy atom. The summed E-state index contributed by atoms with van der Waals surface area (Å²) in [4.78, 5) is 12.3. The van der Waals surface area contributed by atoms with Gasteiger partial charge in [0.05, 0.1) is 0 Å². The number of benzene rings is 1. The van der Waals surface area contributed by atoms with Crippen LogP contribution in [0, 0.1) is 23.5 Å². The molecule has 0 aromatic heterocycles. The Kier molecular flexibility index (Phi) is 5.40. The number of piperidine rings is 1. The normalized spacial score (nSPS) is 30.3. The van der Waals surface area contributed by atoms with Crippen molar-refractivity contribution in [2.75, 3.05) is 13.1 Å². The molecular formula is C16H21ClF2N2O. The fourth-order valence-electron chi connectivity index (χ4n) is 3.15. The van der Waals surface area contributed by atoms with E-state index in [-0.39, 0.29) is 36.2 Å². The Labute approximate surface area is 135 Å². The first-order valence-corrected chi connectivity index (χ1v) is 7.52. The zero-order valence-corrected chi connectivity index (χ0v) is 13.3. The smallest absolute Gasteiger partial charge is 0.223 e. The molecule has 3 nitrogen and oxygen atoms in total. The summed E-state index contributed by atoms with van der Waals surface area (Å²) in [6, 6.07) is 3.62. The molecule has 4 unspecified atom stereocenters. The van der Waals surface area contributed by atoms with Gasteiger partial charge in [0, 0.05) is 12.0 Å². The van der Waals surface area contributed by atoms with Crippen molar-refractivity contribution in [2.24, 2.45) is 11.8 Å². The van der Waals surface area contributed by atoms with Crippen molar-refractivity contribution in [1.29, 1.82) is 0 Å². The third-order valence-corrected chi connectivity index (χ3v) is 4.60. The molecule has 1 heterocycles. The molecule has 3 rings (SSSR count). The molecule has 4 atom stereocenters. The largest absolute Gasteiger partial charge is 0.353 e. The van der Waals surface area contributed by atoms with Crippen LogP contribution in [0.1, 0.15) is 31.2 Å². The first kappa shape index (κ1) is 17.2. The standard InChI is InChI=1S/C16H20F2N2O.ClH/c1-9-8-19-5-4-15(9)20-16(21)13-7-11(13)12-6-10(17)2-3-14(12)18;/h2-3,6,9,11,13,15,19H,4-5,7-8H2,1H3,(H,20,21);1H. The molecule has 1 saturated heterocycles. The number of nitrogens with one attached hydrogen (secondary N) is 2. The summed E-state index contributed by atoms with van der Waals surface area (Å²) >= 11 is 0. The summed E-state index contributed by atoms with van der Waals surface area (Å²) in [5, 5.41) is 6.36. The number of amides is 1. The Bertz CT molecular complexity index is 555. The molecule has 2 N–H and O–H groups in total. The lowest BCUT2D eigenvalue weighted by molar-refractivity contribution is -0.123. The number of rotatable bonds is 3. The van der Waals surface area contributed by atoms with Crippen LogP contribution in [-0.2, 0) is 4.79 Å². The van der Waals surface area contributed by atoms with Gasteiger partial charge in [-0.25, -0.2) is 8.78 Å². The van der Waals surface area contributed by atoms with Crippen LogP contribution in [0.15, 0.2) is 18.2 Å². The van der Waals surface area contributed by atoms with E-state index in [1.165, 1.54) is 6.07 Å². The van der Waals surface area contributed by atoms with Crippen LogP contribution in [-0.4, -0.2) is 25.0 Å². The molecule has 1 aliphatic heterocycles. The van der Waals surface area contributed by atoms with Crippen molar-refractivity contribution in [2.45, 2.75) is 31.7 Å². The van der Waals surface area contributed by atoms with Crippen molar-refractivity contribution in [3.63, 3.8) is 0 Å². The summed E-state index contributed by atoms with van der Waals surface area (Å²) in [7, 11) is 0. The Morgan fingerprint density at radius 1 is 1.36 bits per heavy atom. The summed E-state index contributed by atoms with van der Waals surface area (Å²) in [6.07, 6.45) is 1.52. The lowest BCUT2D eigenvalue weighted by Gasteiger charge is -2.30. The van der Waals surface area contributed by atoms with Gasteiger partial charge in [0.2, 0.25) is 5.91 Å². The molecule has 0 radical (unpaired) electrons. The molecule has 1 aromatic carbocycles. The van der Waals surface area contributed by atoms with E-state index in [2.05, 4.69) is 17.6 Å². The van der Waals surface area contributed by atoms with Crippen LogP contribution in [0.4, 0.5) is 8.78 Å². The molecule has 6 heteroatoms. The maximum Gasteiger partial charge on any atom is 0.223 e. The van der Waals surface area contributed by atoms with E-state index in [9.17, 15) is 13.6 Å². The van der Waals surface area contributed by atoms with Crippen LogP contribution in [0.5, 0.6) is 0 Å². The monoisotopic (exact) mass is 330 g/mol. The number of hydrogen-bond donors (Lipinski definition) is 2. The number of hydrogen-bond acceptors (Lipinski definition) is 2. The molecule has 2 aliphatic rings. The predicted molar refractivity (Wildman–Crippen MR) is 83.0 cm³/mol. The summed E-state index contributed by atoms with van der Waals surface area (Å²) in [5.74, 6) is -0.911. The second-order valence-corrected chi connectivity index (χ2v) is 6.20. The van der Waals surface area contributed by atoms with Crippen LogP contribution >= 0.6 is 12.4 Å². The van der Waals surface area contributed by atoms with Gasteiger partial charge in [0.1, 0.15) is 11.6 Å². The SMILES string of the molecule is CC1CNCCC1NC(=O)C1CC1c1cc(F)ccc1F.Cl. The molecule has 1 aliphatic carbocycles. The molecule has 122 valence electrons. The maximum atomic E-state index is 13.7. The Balaban J connectivity index is 0.00000176. The average Bonchev–Trinajstić information content (AvgIpc) is 3.24. The van der Waals surface area contributed by atoms with Gasteiger partial charge in [0.15, 0.2) is 0 Å². The van der Waals surface area contributed by atoms with E-state index < -0.39 is 11.6 Å². The number of carbonyl (C=O) groups is 1. The van der Waals surface area contributed by atoms with E-state index in [0.29, 0.717) is 17.9 Å². The minimum atomic E-state index is -0.454. The molecular weight excluding hydrogens is 310 g/mol. The van der Waals surface area contributed by atoms with E-state index in [4.69, 9.17) is 0 Å². The highest BCUT2D eigenvalue weighted by atomic mass is 35.5. The number of halogens is 3. The van der Waals surface area contributed by atoms with Crippen molar-refractivity contribution in [1.82, 2.24) is 10.6 Å². The highest BCUT2D eigenvalue weighted by molar-refractivity contribution is 5.85. The van der Waals surface area contributed by atoms with E-state index in [0.717, 1.165) is 31.6 Å². The quantitative estimate of drug-likeness (QED) is 0.894. The average molecular weight is 331 g/mol. The highest BCUT2D eigenvalue weighted by Crippen LogP contribution is 2.48. The van der Waals surface area contributed by atoms with Gasteiger partial charge < -0.3 is 10.6 Å². The third-order valence-electron chi connectivity index (χ3n) is 4.60. The molecule has 1 amide bonds. The molecule has 0 spiro atoms. The van der Waals surface area contributed by atoms with E-state index >= 15 is 0 Å². The van der Waals surface area contributed by atoms with Gasteiger partial charge in [0.25, 0.3) is 0 Å². The summed E-state index contributed by atoms with van der Waals surface area (Å²) < 4.78 is 26.9. The van der Waals surface area contributed by atoms with E-state index in [1.807, 2.05) is 0 Å². The van der Waals surface area contributed by atoms with Crippen LogP contribution in [0.25, 0.3) is 0 Å². The minimum absolute atomic E-state index is 0. The Hall–Kier alpha value is -1.20. The van der Waals surface area contributed by atoms with Crippen LogP contribution in [0.2, 0.25) is 0 Å². The lowest BCUT2D eigenvalue weighted by atomic mass is 9.95. The molecule has 22 heavy (non-hydrogen) atoms. The lowest BCUT2D eigenvalue weighted by Crippen LogP contribution is -2.48. The molecule has 1 saturated carbocycles. The maximum absolute atomic E-state index is 13.7. The fourth-order valence-corrected chi connectivity index (χ4v) is 3.15. The van der Waals surface area contributed by atoms with Crippen molar-refractivity contribution in [3.05, 3.63) is 35.4 Å². The fraction of sp³-hybridized carbons (Fsp3) is 0.562. The first-order chi connectivity index (χ1) is 10.1. The second-order valence-electron chi connectivity index (χ2n) is 6.20. The summed E-state index contributed by atoms with van der Waals surface area (Å²) in [6.45, 7) is 3.91. The predicted octanol–water partition coefficient (Wildman–Crippen LogP) is 2.60. The van der Waals surface area contributed by atoms with Gasteiger partial charge in [-0.2, -0.15) is 0 Å². The topological polar surface area (TPSA) is 41.1 Å². The van der Waals surface area contributed by atoms with Gasteiger partial charge in [-0.05, 0) is 61.5 Å².